The monoisotopic (exact) mass is 292 g/mol. The Morgan fingerprint density at radius 2 is 1.82 bits per heavy atom. The number of allylic oxidation sites excluding steroid dienone is 2. The number of carbonyl (C=O) groups excluding carboxylic acids is 2. The fraction of sp³-hybridized carbons (Fsp3) is 0.278. The van der Waals surface area contributed by atoms with Crippen LogP contribution in [0.4, 0.5) is 5.82 Å². The fourth-order valence-corrected chi connectivity index (χ4v) is 3.44. The van der Waals surface area contributed by atoms with Crippen LogP contribution >= 0.6 is 0 Å². The largest absolute Gasteiger partial charge is 0.274 e. The Morgan fingerprint density at radius 3 is 2.68 bits per heavy atom. The quantitative estimate of drug-likeness (QED) is 0.599. The molecule has 1 saturated heterocycles. The molecular formula is C18H16N2O2. The molecule has 0 bridgehead atoms. The molecule has 1 fully saturated rings. The van der Waals surface area contributed by atoms with E-state index in [1.807, 2.05) is 37.3 Å². The van der Waals surface area contributed by atoms with Crippen LogP contribution in [0.5, 0.6) is 0 Å². The molecule has 2 amide bonds. The van der Waals surface area contributed by atoms with Gasteiger partial charge in [0.05, 0.1) is 17.4 Å². The lowest BCUT2D eigenvalue weighted by molar-refractivity contribution is -0.122. The van der Waals surface area contributed by atoms with E-state index in [9.17, 15) is 9.59 Å². The van der Waals surface area contributed by atoms with Crippen LogP contribution in [0.15, 0.2) is 48.0 Å². The smallest absolute Gasteiger partial charge is 0.239 e. The summed E-state index contributed by atoms with van der Waals surface area (Å²) in [4.78, 5) is 31.1. The van der Waals surface area contributed by atoms with Gasteiger partial charge in [-0.15, -0.1) is 0 Å². The van der Waals surface area contributed by atoms with Gasteiger partial charge in [0.25, 0.3) is 0 Å². The highest BCUT2D eigenvalue weighted by molar-refractivity contribution is 6.22. The fourth-order valence-electron chi connectivity index (χ4n) is 3.44. The molecule has 2 aromatic rings. The van der Waals surface area contributed by atoms with Gasteiger partial charge in [0, 0.05) is 5.39 Å². The maximum Gasteiger partial charge on any atom is 0.239 e. The third-order valence-electron chi connectivity index (χ3n) is 4.64. The van der Waals surface area contributed by atoms with Crippen LogP contribution in [-0.2, 0) is 9.59 Å². The van der Waals surface area contributed by atoms with Gasteiger partial charge in [0.2, 0.25) is 11.8 Å². The molecule has 0 spiro atoms. The lowest BCUT2D eigenvalue weighted by Gasteiger charge is -2.18. The lowest BCUT2D eigenvalue weighted by Crippen LogP contribution is -2.31. The van der Waals surface area contributed by atoms with Crippen LogP contribution in [0, 0.1) is 11.8 Å². The van der Waals surface area contributed by atoms with E-state index in [-0.39, 0.29) is 23.7 Å². The highest BCUT2D eigenvalue weighted by Crippen LogP contribution is 2.39. The van der Waals surface area contributed by atoms with E-state index in [4.69, 9.17) is 0 Å². The predicted molar refractivity (Wildman–Crippen MR) is 84.2 cm³/mol. The Morgan fingerprint density at radius 1 is 1.05 bits per heavy atom. The summed E-state index contributed by atoms with van der Waals surface area (Å²) < 4.78 is 0. The van der Waals surface area contributed by atoms with Crippen molar-refractivity contribution in [2.24, 2.45) is 11.8 Å². The SMILES string of the molecule is CC1=CC[C@@H]2C(=O)N(c3ccc4ccccc4n3)C(=O)[C@H]2C1. The van der Waals surface area contributed by atoms with Gasteiger partial charge in [-0.25, -0.2) is 9.88 Å². The van der Waals surface area contributed by atoms with Crippen molar-refractivity contribution in [2.45, 2.75) is 19.8 Å². The number of amides is 2. The van der Waals surface area contributed by atoms with E-state index < -0.39 is 0 Å². The van der Waals surface area contributed by atoms with E-state index in [1.165, 1.54) is 10.5 Å². The minimum absolute atomic E-state index is 0.106. The van der Waals surface area contributed by atoms with E-state index in [1.54, 1.807) is 6.07 Å². The van der Waals surface area contributed by atoms with Crippen molar-refractivity contribution in [3.63, 3.8) is 0 Å². The van der Waals surface area contributed by atoms with Gasteiger partial charge in [0.15, 0.2) is 0 Å². The van der Waals surface area contributed by atoms with Gasteiger partial charge in [-0.2, -0.15) is 0 Å². The number of nitrogens with zero attached hydrogens (tertiary/aromatic N) is 2. The van der Waals surface area contributed by atoms with Gasteiger partial charge in [0.1, 0.15) is 5.82 Å². The van der Waals surface area contributed by atoms with Gasteiger partial charge in [-0.3, -0.25) is 9.59 Å². The molecule has 0 radical (unpaired) electrons. The van der Waals surface area contributed by atoms with Crippen LogP contribution in [-0.4, -0.2) is 16.8 Å². The Hall–Kier alpha value is -2.49. The number of hydrogen-bond acceptors (Lipinski definition) is 3. The van der Waals surface area contributed by atoms with Crippen LogP contribution in [0.2, 0.25) is 0 Å². The second-order valence-electron chi connectivity index (χ2n) is 6.08. The van der Waals surface area contributed by atoms with Crippen molar-refractivity contribution in [3.05, 3.63) is 48.0 Å². The van der Waals surface area contributed by atoms with Gasteiger partial charge in [-0.1, -0.05) is 29.8 Å². The van der Waals surface area contributed by atoms with Crippen molar-refractivity contribution >= 4 is 28.5 Å². The molecule has 1 aliphatic heterocycles. The number of aromatic nitrogens is 1. The molecule has 4 nitrogen and oxygen atoms in total. The zero-order valence-electron chi connectivity index (χ0n) is 12.3. The number of hydrogen-bond donors (Lipinski definition) is 0. The molecule has 110 valence electrons. The summed E-state index contributed by atoms with van der Waals surface area (Å²) in [5, 5.41) is 1.00. The maximum atomic E-state index is 12.7. The summed E-state index contributed by atoms with van der Waals surface area (Å²) in [6.07, 6.45) is 3.41. The number of imide groups is 1. The molecule has 2 atom stereocenters. The van der Waals surface area contributed by atoms with E-state index in [2.05, 4.69) is 11.1 Å². The standard InChI is InChI=1S/C18H16N2O2/c1-11-6-8-13-14(10-11)18(22)20(17(13)21)16-9-7-12-4-2-3-5-15(12)19-16/h2-7,9,13-14H,8,10H2,1H3/t13-,14-/m0/s1. The first-order valence-electron chi connectivity index (χ1n) is 7.54. The molecule has 1 aromatic heterocycles. The minimum Gasteiger partial charge on any atom is -0.274 e. The number of para-hydroxylation sites is 1. The van der Waals surface area contributed by atoms with E-state index in [0.717, 1.165) is 10.9 Å². The van der Waals surface area contributed by atoms with Gasteiger partial charge >= 0.3 is 0 Å². The molecule has 1 aromatic carbocycles. The molecule has 2 aliphatic rings. The van der Waals surface area contributed by atoms with Crippen LogP contribution < -0.4 is 4.90 Å². The number of carbonyl (C=O) groups is 2. The third-order valence-corrected chi connectivity index (χ3v) is 4.64. The summed E-state index contributed by atoms with van der Waals surface area (Å²) in [7, 11) is 0. The topological polar surface area (TPSA) is 50.3 Å². The lowest BCUT2D eigenvalue weighted by atomic mass is 9.82. The first kappa shape index (κ1) is 13.2. The van der Waals surface area contributed by atoms with Gasteiger partial charge in [-0.05, 0) is 38.0 Å². The van der Waals surface area contributed by atoms with Crippen LogP contribution in [0.1, 0.15) is 19.8 Å². The summed E-state index contributed by atoms with van der Waals surface area (Å²) in [5.41, 5.74) is 1.99. The van der Waals surface area contributed by atoms with Gasteiger partial charge < -0.3 is 0 Å². The molecule has 0 N–H and O–H groups in total. The summed E-state index contributed by atoms with van der Waals surface area (Å²) >= 11 is 0. The molecule has 4 heteroatoms. The van der Waals surface area contributed by atoms with Crippen LogP contribution in [0.3, 0.4) is 0 Å². The Kier molecular flexibility index (Phi) is 2.86. The van der Waals surface area contributed by atoms with Crippen molar-refractivity contribution in [2.75, 3.05) is 4.90 Å². The average Bonchev–Trinajstić information content (AvgIpc) is 2.78. The molecule has 0 unspecified atom stereocenters. The Labute approximate surface area is 128 Å². The van der Waals surface area contributed by atoms with E-state index >= 15 is 0 Å². The molecule has 0 saturated carbocycles. The minimum atomic E-state index is -0.218. The van der Waals surface area contributed by atoms with Crippen molar-refractivity contribution < 1.29 is 9.59 Å². The molecule has 2 heterocycles. The zero-order valence-corrected chi connectivity index (χ0v) is 12.3. The number of fused-ring (bicyclic) bond motifs is 2. The highest BCUT2D eigenvalue weighted by Gasteiger charge is 2.49. The Balaban J connectivity index is 1.75. The highest BCUT2D eigenvalue weighted by atomic mass is 16.2. The van der Waals surface area contributed by atoms with Crippen molar-refractivity contribution in [1.29, 1.82) is 0 Å². The zero-order chi connectivity index (χ0) is 15.3. The first-order chi connectivity index (χ1) is 10.6. The molecule has 1 aliphatic carbocycles. The maximum absolute atomic E-state index is 12.7. The van der Waals surface area contributed by atoms with Crippen LogP contribution in [0.25, 0.3) is 10.9 Å². The summed E-state index contributed by atoms with van der Waals surface area (Å²) in [6, 6.07) is 11.4. The average molecular weight is 292 g/mol. The predicted octanol–water partition coefficient (Wildman–Crippen LogP) is 3.08. The number of pyridine rings is 1. The normalized spacial score (nSPS) is 24.6. The third kappa shape index (κ3) is 1.87. The molecule has 22 heavy (non-hydrogen) atoms. The summed E-state index contributed by atoms with van der Waals surface area (Å²) in [6.45, 7) is 2.02. The van der Waals surface area contributed by atoms with Crippen molar-refractivity contribution in [1.82, 2.24) is 4.98 Å². The van der Waals surface area contributed by atoms with E-state index in [0.29, 0.717) is 18.7 Å². The Bertz CT molecular complexity index is 825. The molecular weight excluding hydrogens is 276 g/mol. The molecule has 4 rings (SSSR count). The van der Waals surface area contributed by atoms with Crippen molar-refractivity contribution in [3.8, 4) is 0 Å². The number of benzene rings is 1. The second-order valence-corrected chi connectivity index (χ2v) is 6.08. The second kappa shape index (κ2) is 4.77. The number of anilines is 1. The first-order valence-corrected chi connectivity index (χ1v) is 7.54. The number of rotatable bonds is 1. The summed E-state index contributed by atoms with van der Waals surface area (Å²) in [5.74, 6) is -0.206.